The number of amides is 1. The van der Waals surface area contributed by atoms with Gasteiger partial charge in [-0.3, -0.25) is 9.20 Å². The molecule has 3 N–H and O–H groups in total. The highest BCUT2D eigenvalue weighted by Gasteiger charge is 2.21. The van der Waals surface area contributed by atoms with Gasteiger partial charge in [-0.05, 0) is 50.8 Å². The summed E-state index contributed by atoms with van der Waals surface area (Å²) in [5.41, 5.74) is 7.96. The fourth-order valence-corrected chi connectivity index (χ4v) is 3.90. The third-order valence-electron chi connectivity index (χ3n) is 5.46. The van der Waals surface area contributed by atoms with Crippen molar-refractivity contribution in [1.82, 2.24) is 19.6 Å². The number of piperidine rings is 1. The number of fused-ring (bicyclic) bond motifs is 1. The molecule has 162 valence electrons. The van der Waals surface area contributed by atoms with Crippen molar-refractivity contribution < 1.29 is 9.53 Å². The zero-order valence-corrected chi connectivity index (χ0v) is 18.7. The average molecular weight is 444 g/mol. The molecule has 29 heavy (non-hydrogen) atoms. The number of nitrogens with zero attached hydrogens (tertiary/aromatic N) is 3. The zero-order chi connectivity index (χ0) is 20.1. The fraction of sp³-hybridized carbons (Fsp3) is 0.600. The van der Waals surface area contributed by atoms with Crippen LogP contribution in [0.4, 0.5) is 5.82 Å². The van der Waals surface area contributed by atoms with Gasteiger partial charge in [0.05, 0.1) is 16.3 Å². The van der Waals surface area contributed by atoms with E-state index in [0.29, 0.717) is 34.5 Å². The van der Waals surface area contributed by atoms with E-state index in [1.54, 1.807) is 17.6 Å². The summed E-state index contributed by atoms with van der Waals surface area (Å²) in [7, 11) is 1.74. The summed E-state index contributed by atoms with van der Waals surface area (Å²) in [6, 6.07) is 1.62. The summed E-state index contributed by atoms with van der Waals surface area (Å²) in [6.07, 6.45) is 5.86. The number of hydrogen-bond donors (Lipinski definition) is 2. The van der Waals surface area contributed by atoms with Crippen LogP contribution in [0.1, 0.15) is 42.2 Å². The van der Waals surface area contributed by atoms with Crippen LogP contribution in [0, 0.1) is 5.92 Å². The Kier molecular flexibility index (Phi) is 9.02. The molecular weight excluding hydrogens is 413 g/mol. The molecule has 0 aliphatic carbocycles. The highest BCUT2D eigenvalue weighted by molar-refractivity contribution is 6.33. The van der Waals surface area contributed by atoms with E-state index >= 15 is 0 Å². The van der Waals surface area contributed by atoms with Crippen molar-refractivity contribution in [3.63, 3.8) is 0 Å². The predicted octanol–water partition coefficient (Wildman–Crippen LogP) is 3.03. The Morgan fingerprint density at radius 1 is 1.41 bits per heavy atom. The largest absolute Gasteiger partial charge is 0.385 e. The maximum Gasteiger partial charge on any atom is 0.255 e. The maximum absolute atomic E-state index is 12.8. The van der Waals surface area contributed by atoms with Crippen molar-refractivity contribution in [2.24, 2.45) is 5.92 Å². The second kappa shape index (κ2) is 11.0. The number of aromatic nitrogens is 2. The van der Waals surface area contributed by atoms with E-state index < -0.39 is 0 Å². The molecule has 0 radical (unpaired) electrons. The van der Waals surface area contributed by atoms with Crippen molar-refractivity contribution >= 4 is 41.4 Å². The van der Waals surface area contributed by atoms with E-state index in [1.807, 2.05) is 13.1 Å². The van der Waals surface area contributed by atoms with Gasteiger partial charge in [-0.2, -0.15) is 0 Å². The summed E-state index contributed by atoms with van der Waals surface area (Å²) in [5, 5.41) is 3.43. The molecule has 0 atom stereocenters. The van der Waals surface area contributed by atoms with Crippen LogP contribution in [0.25, 0.3) is 5.65 Å². The van der Waals surface area contributed by atoms with E-state index in [0.717, 1.165) is 57.6 Å². The number of rotatable bonds is 8. The highest BCUT2D eigenvalue weighted by atomic mass is 35.5. The fourth-order valence-electron chi connectivity index (χ4n) is 3.70. The number of pyridine rings is 1. The molecular formula is C20H31Cl2N5O2. The number of likely N-dealkylation sites (tertiary alicyclic amines) is 1. The topological polar surface area (TPSA) is 84.9 Å². The van der Waals surface area contributed by atoms with Crippen LogP contribution in [0.5, 0.6) is 0 Å². The lowest BCUT2D eigenvalue weighted by atomic mass is 9.96. The van der Waals surface area contributed by atoms with Gasteiger partial charge in [0.25, 0.3) is 5.91 Å². The normalized spacial score (nSPS) is 15.4. The number of methoxy groups -OCH3 is 1. The molecule has 3 heterocycles. The first-order valence-corrected chi connectivity index (χ1v) is 10.4. The van der Waals surface area contributed by atoms with Gasteiger partial charge in [-0.25, -0.2) is 4.98 Å². The molecule has 1 aliphatic rings. The first kappa shape index (κ1) is 23.7. The van der Waals surface area contributed by atoms with E-state index in [2.05, 4.69) is 15.2 Å². The second-order valence-electron chi connectivity index (χ2n) is 7.41. The molecule has 0 saturated carbocycles. The van der Waals surface area contributed by atoms with Crippen molar-refractivity contribution in [3.05, 3.63) is 28.5 Å². The third kappa shape index (κ3) is 5.75. The average Bonchev–Trinajstić information content (AvgIpc) is 3.15. The molecule has 0 spiro atoms. The van der Waals surface area contributed by atoms with Gasteiger partial charge >= 0.3 is 0 Å². The molecule has 0 aromatic carbocycles. The number of anilines is 1. The van der Waals surface area contributed by atoms with Crippen molar-refractivity contribution in [2.45, 2.75) is 32.6 Å². The minimum atomic E-state index is -0.150. The molecule has 7 nitrogen and oxygen atoms in total. The van der Waals surface area contributed by atoms with Crippen molar-refractivity contribution in [3.8, 4) is 0 Å². The highest BCUT2D eigenvalue weighted by Crippen LogP contribution is 2.25. The van der Waals surface area contributed by atoms with Crippen LogP contribution in [0.2, 0.25) is 5.02 Å². The summed E-state index contributed by atoms with van der Waals surface area (Å²) < 4.78 is 6.82. The number of carbonyl (C=O) groups is 1. The summed E-state index contributed by atoms with van der Waals surface area (Å²) in [5.74, 6) is 0.748. The minimum Gasteiger partial charge on any atom is -0.385 e. The summed E-state index contributed by atoms with van der Waals surface area (Å²) >= 11 is 6.24. The van der Waals surface area contributed by atoms with Crippen LogP contribution in [0.3, 0.4) is 0 Å². The number of imidazole rings is 1. The van der Waals surface area contributed by atoms with Crippen LogP contribution in [-0.2, 0) is 11.2 Å². The number of hydrogen-bond acceptors (Lipinski definition) is 5. The smallest absolute Gasteiger partial charge is 0.255 e. The molecule has 0 unspecified atom stereocenters. The number of ether oxygens (including phenoxy) is 1. The summed E-state index contributed by atoms with van der Waals surface area (Å²) in [4.78, 5) is 19.8. The summed E-state index contributed by atoms with van der Waals surface area (Å²) in [6.45, 7) is 6.71. The molecule has 1 saturated heterocycles. The predicted molar refractivity (Wildman–Crippen MR) is 119 cm³/mol. The Balaban J connectivity index is 0.00000300. The van der Waals surface area contributed by atoms with E-state index in [9.17, 15) is 4.79 Å². The minimum absolute atomic E-state index is 0. The van der Waals surface area contributed by atoms with Gasteiger partial charge < -0.3 is 20.7 Å². The van der Waals surface area contributed by atoms with Crippen LogP contribution < -0.4 is 11.1 Å². The molecule has 1 aliphatic heterocycles. The van der Waals surface area contributed by atoms with Crippen molar-refractivity contribution in [2.75, 3.05) is 45.6 Å². The number of aryl methyl sites for hydroxylation is 1. The standard InChI is InChI=1S/C20H30ClN5O2.ClH/c1-3-15-13-26-18(22)17(21)11-16(19(26)24-15)20(27)23-12-14-5-8-25(9-6-14)7-4-10-28-2;/h11,13-14H,3-10,12,22H2,1-2H3,(H,23,27);1H. The van der Waals surface area contributed by atoms with E-state index in [4.69, 9.17) is 22.1 Å². The zero-order valence-electron chi connectivity index (χ0n) is 17.1. The molecule has 1 amide bonds. The van der Waals surface area contributed by atoms with Gasteiger partial charge in [0.15, 0.2) is 5.65 Å². The third-order valence-corrected chi connectivity index (χ3v) is 5.76. The Morgan fingerprint density at radius 3 is 2.79 bits per heavy atom. The van der Waals surface area contributed by atoms with Crippen LogP contribution >= 0.6 is 24.0 Å². The SMILES string of the molecule is CCc1cn2c(N)c(Cl)cc(C(=O)NCC3CCN(CCCOC)CC3)c2n1.Cl. The Hall–Kier alpha value is -1.54. The van der Waals surface area contributed by atoms with Crippen molar-refractivity contribution in [1.29, 1.82) is 0 Å². The first-order chi connectivity index (χ1) is 13.5. The maximum atomic E-state index is 12.8. The van der Waals surface area contributed by atoms with Gasteiger partial charge in [0.2, 0.25) is 0 Å². The molecule has 3 rings (SSSR count). The number of nitrogens with two attached hydrogens (primary N) is 1. The van der Waals surface area contributed by atoms with Gasteiger partial charge in [0.1, 0.15) is 5.82 Å². The number of carbonyl (C=O) groups excluding carboxylic acids is 1. The monoisotopic (exact) mass is 443 g/mol. The van der Waals surface area contributed by atoms with E-state index in [-0.39, 0.29) is 18.3 Å². The van der Waals surface area contributed by atoms with Gasteiger partial charge in [0, 0.05) is 33.0 Å². The van der Waals surface area contributed by atoms with Crippen LogP contribution in [0.15, 0.2) is 12.3 Å². The Labute approximate surface area is 183 Å². The molecule has 2 aromatic heterocycles. The number of nitrogens with one attached hydrogen (secondary N) is 1. The molecule has 0 bridgehead atoms. The Morgan fingerprint density at radius 2 is 2.14 bits per heavy atom. The van der Waals surface area contributed by atoms with Crippen LogP contribution in [-0.4, -0.2) is 60.1 Å². The Bertz CT molecular complexity index is 819. The molecule has 9 heteroatoms. The second-order valence-corrected chi connectivity index (χ2v) is 7.82. The molecule has 1 fully saturated rings. The van der Waals surface area contributed by atoms with Gasteiger partial charge in [-0.1, -0.05) is 18.5 Å². The quantitative estimate of drug-likeness (QED) is 0.612. The number of nitrogen functional groups attached to an aromatic ring is 1. The van der Waals surface area contributed by atoms with Gasteiger partial charge in [-0.15, -0.1) is 12.4 Å². The lowest BCUT2D eigenvalue weighted by molar-refractivity contribution is 0.0934. The van der Waals surface area contributed by atoms with E-state index in [1.165, 1.54) is 0 Å². The molecule has 2 aromatic rings. The lowest BCUT2D eigenvalue weighted by Crippen LogP contribution is -2.39. The number of halogens is 2. The first-order valence-electron chi connectivity index (χ1n) is 9.98. The lowest BCUT2D eigenvalue weighted by Gasteiger charge is -2.31.